The molecular formula is C12H13NOS. The first-order valence-corrected chi connectivity index (χ1v) is 5.70. The summed E-state index contributed by atoms with van der Waals surface area (Å²) in [5, 5.41) is 11.1. The van der Waals surface area contributed by atoms with Gasteiger partial charge in [-0.2, -0.15) is 0 Å². The monoisotopic (exact) mass is 219 g/mol. The zero-order valence-corrected chi connectivity index (χ0v) is 9.08. The standard InChI is InChI=1S/C12H13NOS/c13-11(8-14)9-4-1-2-5-10(9)12-6-3-7-15-12/h1-7,11,14H,8,13H2/t11-/m1/s1. The van der Waals surface area contributed by atoms with Crippen LogP contribution in [-0.2, 0) is 0 Å². The van der Waals surface area contributed by atoms with Crippen molar-refractivity contribution in [2.75, 3.05) is 6.61 Å². The maximum absolute atomic E-state index is 9.09. The van der Waals surface area contributed by atoms with E-state index in [0.29, 0.717) is 0 Å². The van der Waals surface area contributed by atoms with Crippen molar-refractivity contribution in [1.82, 2.24) is 0 Å². The van der Waals surface area contributed by atoms with Crippen LogP contribution in [0.4, 0.5) is 0 Å². The maximum atomic E-state index is 9.09. The molecule has 2 rings (SSSR count). The number of hydrogen-bond acceptors (Lipinski definition) is 3. The number of nitrogens with two attached hydrogens (primary N) is 1. The van der Waals surface area contributed by atoms with Crippen LogP contribution in [0.25, 0.3) is 10.4 Å². The molecule has 0 aliphatic carbocycles. The fourth-order valence-electron chi connectivity index (χ4n) is 1.57. The fourth-order valence-corrected chi connectivity index (χ4v) is 2.35. The topological polar surface area (TPSA) is 46.2 Å². The number of benzene rings is 1. The van der Waals surface area contributed by atoms with Gasteiger partial charge in [0.2, 0.25) is 0 Å². The van der Waals surface area contributed by atoms with Gasteiger partial charge in [-0.25, -0.2) is 0 Å². The van der Waals surface area contributed by atoms with Crippen molar-refractivity contribution >= 4 is 11.3 Å². The molecule has 1 heterocycles. The molecule has 0 aliphatic rings. The second-order valence-electron chi connectivity index (χ2n) is 3.35. The van der Waals surface area contributed by atoms with Gasteiger partial charge in [0.25, 0.3) is 0 Å². The van der Waals surface area contributed by atoms with Gasteiger partial charge in [-0.15, -0.1) is 11.3 Å². The lowest BCUT2D eigenvalue weighted by molar-refractivity contribution is 0.268. The molecule has 0 bridgehead atoms. The molecule has 2 nitrogen and oxygen atoms in total. The smallest absolute Gasteiger partial charge is 0.0624 e. The Hall–Kier alpha value is -1.16. The van der Waals surface area contributed by atoms with E-state index in [-0.39, 0.29) is 12.6 Å². The molecule has 1 aromatic heterocycles. The first-order valence-electron chi connectivity index (χ1n) is 4.82. The summed E-state index contributed by atoms with van der Waals surface area (Å²) in [5.41, 5.74) is 7.98. The number of aliphatic hydroxyl groups excluding tert-OH is 1. The highest BCUT2D eigenvalue weighted by molar-refractivity contribution is 7.13. The van der Waals surface area contributed by atoms with Crippen LogP contribution in [0.15, 0.2) is 41.8 Å². The lowest BCUT2D eigenvalue weighted by atomic mass is 10.0. The van der Waals surface area contributed by atoms with Crippen molar-refractivity contribution in [2.24, 2.45) is 5.73 Å². The van der Waals surface area contributed by atoms with E-state index in [4.69, 9.17) is 10.8 Å². The van der Waals surface area contributed by atoms with Crippen LogP contribution in [0.3, 0.4) is 0 Å². The minimum Gasteiger partial charge on any atom is -0.394 e. The predicted octanol–water partition coefficient (Wildman–Crippen LogP) is 2.41. The Kier molecular flexibility index (Phi) is 3.16. The molecule has 15 heavy (non-hydrogen) atoms. The molecule has 1 atom stereocenters. The summed E-state index contributed by atoms with van der Waals surface area (Å²) in [5.74, 6) is 0. The van der Waals surface area contributed by atoms with E-state index in [9.17, 15) is 0 Å². The Labute approximate surface area is 93.0 Å². The van der Waals surface area contributed by atoms with Crippen molar-refractivity contribution in [2.45, 2.75) is 6.04 Å². The molecule has 0 aliphatic heterocycles. The molecule has 2 aromatic rings. The fraction of sp³-hybridized carbons (Fsp3) is 0.167. The Bertz CT molecular complexity index is 425. The largest absolute Gasteiger partial charge is 0.394 e. The molecular weight excluding hydrogens is 206 g/mol. The summed E-state index contributed by atoms with van der Waals surface area (Å²) in [7, 11) is 0. The van der Waals surface area contributed by atoms with Gasteiger partial charge >= 0.3 is 0 Å². The zero-order valence-electron chi connectivity index (χ0n) is 8.26. The summed E-state index contributed by atoms with van der Waals surface area (Å²) in [6.07, 6.45) is 0. The summed E-state index contributed by atoms with van der Waals surface area (Å²) in [4.78, 5) is 1.19. The highest BCUT2D eigenvalue weighted by Gasteiger charge is 2.11. The first kappa shape index (κ1) is 10.4. The van der Waals surface area contributed by atoms with Crippen LogP contribution >= 0.6 is 11.3 Å². The number of thiophene rings is 1. The van der Waals surface area contributed by atoms with Gasteiger partial charge in [0.05, 0.1) is 12.6 Å². The number of rotatable bonds is 3. The van der Waals surface area contributed by atoms with Crippen LogP contribution in [0.5, 0.6) is 0 Å². The molecule has 78 valence electrons. The van der Waals surface area contributed by atoms with Gasteiger partial charge in [-0.3, -0.25) is 0 Å². The molecule has 1 aromatic carbocycles. The highest BCUT2D eigenvalue weighted by atomic mass is 32.1. The summed E-state index contributed by atoms with van der Waals surface area (Å²) in [6.45, 7) is -0.0254. The summed E-state index contributed by atoms with van der Waals surface area (Å²) >= 11 is 1.68. The second-order valence-corrected chi connectivity index (χ2v) is 4.30. The van der Waals surface area contributed by atoms with Gasteiger partial charge in [0.15, 0.2) is 0 Å². The number of aliphatic hydroxyl groups is 1. The van der Waals surface area contributed by atoms with Crippen molar-refractivity contribution in [3.63, 3.8) is 0 Å². The van der Waals surface area contributed by atoms with Crippen molar-refractivity contribution in [3.05, 3.63) is 47.3 Å². The van der Waals surface area contributed by atoms with E-state index in [1.54, 1.807) is 11.3 Å². The molecule has 3 heteroatoms. The van der Waals surface area contributed by atoms with Crippen LogP contribution < -0.4 is 5.73 Å². The Morgan fingerprint density at radius 3 is 2.67 bits per heavy atom. The van der Waals surface area contributed by atoms with E-state index >= 15 is 0 Å². The van der Waals surface area contributed by atoms with E-state index in [0.717, 1.165) is 11.1 Å². The first-order chi connectivity index (χ1) is 7.33. The molecule has 0 unspecified atom stereocenters. The molecule has 3 N–H and O–H groups in total. The van der Waals surface area contributed by atoms with Gasteiger partial charge in [-0.05, 0) is 22.6 Å². The normalized spacial score (nSPS) is 12.7. The van der Waals surface area contributed by atoms with Crippen molar-refractivity contribution in [3.8, 4) is 10.4 Å². The molecule has 0 spiro atoms. The Morgan fingerprint density at radius 2 is 2.00 bits per heavy atom. The van der Waals surface area contributed by atoms with Gasteiger partial charge in [0, 0.05) is 4.88 Å². The molecule has 0 fully saturated rings. The Morgan fingerprint density at radius 1 is 1.20 bits per heavy atom. The van der Waals surface area contributed by atoms with Gasteiger partial charge in [0.1, 0.15) is 0 Å². The van der Waals surface area contributed by atoms with E-state index in [1.807, 2.05) is 35.7 Å². The molecule has 0 amide bonds. The minimum absolute atomic E-state index is 0.0254. The van der Waals surface area contributed by atoms with Crippen molar-refractivity contribution < 1.29 is 5.11 Å². The SMILES string of the molecule is N[C@H](CO)c1ccccc1-c1cccs1. The third-order valence-electron chi connectivity index (χ3n) is 2.34. The zero-order chi connectivity index (χ0) is 10.7. The second kappa shape index (κ2) is 4.57. The molecule has 0 radical (unpaired) electrons. The minimum atomic E-state index is -0.303. The molecule has 0 saturated carbocycles. The highest BCUT2D eigenvalue weighted by Crippen LogP contribution is 2.30. The third kappa shape index (κ3) is 2.09. The average molecular weight is 219 g/mol. The van der Waals surface area contributed by atoms with E-state index in [2.05, 4.69) is 6.07 Å². The predicted molar refractivity (Wildman–Crippen MR) is 63.8 cm³/mol. The lowest BCUT2D eigenvalue weighted by Crippen LogP contribution is -2.15. The lowest BCUT2D eigenvalue weighted by Gasteiger charge is -2.12. The maximum Gasteiger partial charge on any atom is 0.0624 e. The van der Waals surface area contributed by atoms with E-state index < -0.39 is 0 Å². The summed E-state index contributed by atoms with van der Waals surface area (Å²) in [6, 6.07) is 11.7. The van der Waals surface area contributed by atoms with Crippen LogP contribution in [0, 0.1) is 0 Å². The third-order valence-corrected chi connectivity index (χ3v) is 3.25. The van der Waals surface area contributed by atoms with Gasteiger partial charge < -0.3 is 10.8 Å². The Balaban J connectivity index is 2.47. The molecule has 0 saturated heterocycles. The number of hydrogen-bond donors (Lipinski definition) is 2. The van der Waals surface area contributed by atoms with Gasteiger partial charge in [-0.1, -0.05) is 30.3 Å². The van der Waals surface area contributed by atoms with E-state index in [1.165, 1.54) is 4.88 Å². The van der Waals surface area contributed by atoms with Crippen LogP contribution in [0.2, 0.25) is 0 Å². The quantitative estimate of drug-likeness (QED) is 0.832. The van der Waals surface area contributed by atoms with Crippen molar-refractivity contribution in [1.29, 1.82) is 0 Å². The average Bonchev–Trinajstić information content (AvgIpc) is 2.81. The van der Waals surface area contributed by atoms with Crippen LogP contribution in [0.1, 0.15) is 11.6 Å². The van der Waals surface area contributed by atoms with Crippen LogP contribution in [-0.4, -0.2) is 11.7 Å². The summed E-state index contributed by atoms with van der Waals surface area (Å²) < 4.78 is 0.